The molecule has 0 N–H and O–H groups in total. The van der Waals surface area contributed by atoms with Gasteiger partial charge in [0.2, 0.25) is 0 Å². The lowest BCUT2D eigenvalue weighted by molar-refractivity contribution is -0.143. The van der Waals surface area contributed by atoms with E-state index in [-0.39, 0.29) is 17.3 Å². The molecule has 0 unspecified atom stereocenters. The number of benzene rings is 2. The molecule has 0 aliphatic heterocycles. The Labute approximate surface area is 141 Å². The van der Waals surface area contributed by atoms with E-state index < -0.39 is 29.5 Å². The van der Waals surface area contributed by atoms with E-state index in [1.54, 1.807) is 37.3 Å². The molecule has 0 amide bonds. The molecule has 0 saturated carbocycles. The number of aliphatic imine (C=N–C) groups is 1. The summed E-state index contributed by atoms with van der Waals surface area (Å²) in [6.45, 7) is 3.12. The number of rotatable bonds is 3. The van der Waals surface area contributed by atoms with Crippen molar-refractivity contribution in [2.75, 3.05) is 0 Å². The van der Waals surface area contributed by atoms with Crippen molar-refractivity contribution in [2.24, 2.45) is 4.99 Å². The van der Waals surface area contributed by atoms with Gasteiger partial charge in [-0.1, -0.05) is 30.3 Å². The number of nitrogens with zero attached hydrogens (tertiary/aromatic N) is 1. The minimum absolute atomic E-state index is 0.105. The second-order valence-corrected chi connectivity index (χ2v) is 5.60. The minimum atomic E-state index is -4.87. The summed E-state index contributed by atoms with van der Waals surface area (Å²) < 4.78 is 77.5. The van der Waals surface area contributed by atoms with Crippen LogP contribution in [0.3, 0.4) is 0 Å². The van der Waals surface area contributed by atoms with Crippen molar-refractivity contribution in [3.05, 3.63) is 70.8 Å². The van der Waals surface area contributed by atoms with Crippen molar-refractivity contribution in [2.45, 2.75) is 32.2 Å². The molecule has 0 radical (unpaired) electrons. The summed E-state index contributed by atoms with van der Waals surface area (Å²) in [5.74, 6) is 0. The Kier molecular flexibility index (Phi) is 5.25. The summed E-state index contributed by atoms with van der Waals surface area (Å²) in [6, 6.07) is 10.0. The molecule has 1 nitrogen and oxygen atoms in total. The third kappa shape index (κ3) is 4.84. The van der Waals surface area contributed by atoms with Crippen LogP contribution in [0.15, 0.2) is 53.5 Å². The van der Waals surface area contributed by atoms with E-state index in [0.717, 1.165) is 5.56 Å². The third-order valence-corrected chi connectivity index (χ3v) is 3.67. The summed E-state index contributed by atoms with van der Waals surface area (Å²) in [5, 5.41) is 0. The van der Waals surface area contributed by atoms with Crippen LogP contribution in [0.4, 0.5) is 26.3 Å². The zero-order valence-electron chi connectivity index (χ0n) is 13.4. The van der Waals surface area contributed by atoms with Gasteiger partial charge in [-0.25, -0.2) is 0 Å². The molecule has 0 bridgehead atoms. The van der Waals surface area contributed by atoms with Gasteiger partial charge < -0.3 is 0 Å². The second-order valence-electron chi connectivity index (χ2n) is 5.60. The van der Waals surface area contributed by atoms with Gasteiger partial charge in [0.05, 0.1) is 17.2 Å². The molecular formula is C18H15F6N. The lowest BCUT2D eigenvalue weighted by Gasteiger charge is -2.15. The fourth-order valence-corrected chi connectivity index (χ4v) is 2.33. The lowest BCUT2D eigenvalue weighted by Crippen LogP contribution is -2.13. The lowest BCUT2D eigenvalue weighted by atomic mass is 10.0. The van der Waals surface area contributed by atoms with Crippen LogP contribution < -0.4 is 0 Å². The highest BCUT2D eigenvalue weighted by atomic mass is 19.4. The van der Waals surface area contributed by atoms with Gasteiger partial charge in [-0.2, -0.15) is 26.3 Å². The average Bonchev–Trinajstić information content (AvgIpc) is 2.53. The first-order valence-corrected chi connectivity index (χ1v) is 7.37. The van der Waals surface area contributed by atoms with Crippen LogP contribution >= 0.6 is 0 Å². The maximum absolute atomic E-state index is 12.9. The normalized spacial score (nSPS) is 14.5. The highest BCUT2D eigenvalue weighted by Crippen LogP contribution is 2.36. The van der Waals surface area contributed by atoms with Crippen LogP contribution in [0.2, 0.25) is 0 Å². The van der Waals surface area contributed by atoms with Gasteiger partial charge in [0.15, 0.2) is 0 Å². The first-order valence-electron chi connectivity index (χ1n) is 7.37. The van der Waals surface area contributed by atoms with E-state index in [4.69, 9.17) is 0 Å². The Morgan fingerprint density at radius 3 is 1.76 bits per heavy atom. The van der Waals surface area contributed by atoms with Crippen LogP contribution in [0.5, 0.6) is 0 Å². The standard InChI is InChI=1S/C18H15F6N/c1-11(13-6-4-3-5-7-13)25-12(2)14-8-15(17(19,20)21)10-16(9-14)18(22,23)24/h3-11H,1-2H3/t11-/m1/s1. The number of halogens is 6. The molecule has 2 rings (SSSR count). The predicted molar refractivity (Wildman–Crippen MR) is 83.5 cm³/mol. The number of hydrogen-bond acceptors (Lipinski definition) is 1. The van der Waals surface area contributed by atoms with E-state index in [1.165, 1.54) is 6.92 Å². The van der Waals surface area contributed by atoms with Gasteiger partial charge in [0.1, 0.15) is 0 Å². The predicted octanol–water partition coefficient (Wildman–Crippen LogP) is 6.29. The quantitative estimate of drug-likeness (QED) is 0.451. The molecule has 0 saturated heterocycles. The van der Waals surface area contributed by atoms with Gasteiger partial charge in [-0.15, -0.1) is 0 Å². The van der Waals surface area contributed by atoms with Gasteiger partial charge in [-0.05, 0) is 43.2 Å². The summed E-state index contributed by atoms with van der Waals surface area (Å²) in [7, 11) is 0. The molecule has 1 atom stereocenters. The van der Waals surface area contributed by atoms with Crippen molar-refractivity contribution in [3.63, 3.8) is 0 Å². The average molecular weight is 359 g/mol. The first-order chi connectivity index (χ1) is 11.5. The Bertz CT molecular complexity index is 727. The van der Waals surface area contributed by atoms with Crippen molar-refractivity contribution < 1.29 is 26.3 Å². The Balaban J connectivity index is 2.48. The molecule has 2 aromatic carbocycles. The topological polar surface area (TPSA) is 12.4 Å². The van der Waals surface area contributed by atoms with Crippen molar-refractivity contribution in [3.8, 4) is 0 Å². The zero-order valence-corrected chi connectivity index (χ0v) is 13.4. The molecular weight excluding hydrogens is 344 g/mol. The van der Waals surface area contributed by atoms with Gasteiger partial charge in [0.25, 0.3) is 0 Å². The minimum Gasteiger partial charge on any atom is -0.282 e. The summed E-state index contributed by atoms with van der Waals surface area (Å²) >= 11 is 0. The monoisotopic (exact) mass is 359 g/mol. The second kappa shape index (κ2) is 6.90. The highest BCUT2D eigenvalue weighted by Gasteiger charge is 2.37. The van der Waals surface area contributed by atoms with Crippen molar-refractivity contribution in [1.29, 1.82) is 0 Å². The number of hydrogen-bond donors (Lipinski definition) is 0. The van der Waals surface area contributed by atoms with Crippen LogP contribution in [0, 0.1) is 0 Å². The van der Waals surface area contributed by atoms with Crippen LogP contribution in [-0.4, -0.2) is 5.71 Å². The fraction of sp³-hybridized carbons (Fsp3) is 0.278. The van der Waals surface area contributed by atoms with E-state index in [1.807, 2.05) is 0 Å². The molecule has 0 aliphatic carbocycles. The van der Waals surface area contributed by atoms with E-state index >= 15 is 0 Å². The first kappa shape index (κ1) is 19.0. The van der Waals surface area contributed by atoms with Gasteiger partial charge in [0, 0.05) is 5.71 Å². The highest BCUT2D eigenvalue weighted by molar-refractivity contribution is 5.99. The summed E-state index contributed by atoms with van der Waals surface area (Å²) in [6.07, 6.45) is -9.75. The Morgan fingerprint density at radius 2 is 1.32 bits per heavy atom. The van der Waals surface area contributed by atoms with E-state index in [0.29, 0.717) is 12.1 Å². The van der Waals surface area contributed by atoms with Gasteiger partial charge >= 0.3 is 12.4 Å². The molecule has 0 fully saturated rings. The Hall–Kier alpha value is -2.31. The van der Waals surface area contributed by atoms with E-state index in [9.17, 15) is 26.3 Å². The smallest absolute Gasteiger partial charge is 0.282 e. The molecule has 0 spiro atoms. The summed E-state index contributed by atoms with van der Waals surface area (Å²) in [4.78, 5) is 4.25. The van der Waals surface area contributed by atoms with E-state index in [2.05, 4.69) is 4.99 Å². The third-order valence-electron chi connectivity index (χ3n) is 3.67. The fourth-order valence-electron chi connectivity index (χ4n) is 2.33. The molecule has 0 aliphatic rings. The molecule has 134 valence electrons. The Morgan fingerprint density at radius 1 is 0.840 bits per heavy atom. The molecule has 7 heteroatoms. The van der Waals surface area contributed by atoms with Gasteiger partial charge in [-0.3, -0.25) is 4.99 Å². The summed E-state index contributed by atoms with van der Waals surface area (Å²) in [5.41, 5.74) is -1.98. The molecule has 0 heterocycles. The largest absolute Gasteiger partial charge is 0.416 e. The number of alkyl halides is 6. The maximum Gasteiger partial charge on any atom is 0.416 e. The SMILES string of the molecule is CC(=N[C@H](C)c1ccccc1)c1cc(C(F)(F)F)cc(C(F)(F)F)c1. The van der Waals surface area contributed by atoms with Crippen LogP contribution in [-0.2, 0) is 12.4 Å². The molecule has 2 aromatic rings. The van der Waals surface area contributed by atoms with Crippen molar-refractivity contribution >= 4 is 5.71 Å². The zero-order chi connectivity index (χ0) is 18.8. The molecule has 25 heavy (non-hydrogen) atoms. The maximum atomic E-state index is 12.9. The van der Waals surface area contributed by atoms with Crippen LogP contribution in [0.25, 0.3) is 0 Å². The van der Waals surface area contributed by atoms with Crippen molar-refractivity contribution in [1.82, 2.24) is 0 Å². The van der Waals surface area contributed by atoms with Crippen LogP contribution in [0.1, 0.15) is 42.1 Å². The molecule has 0 aromatic heterocycles.